The number of rotatable bonds is 1. The maximum absolute atomic E-state index is 9.34. The van der Waals surface area contributed by atoms with Crippen LogP contribution in [0.3, 0.4) is 0 Å². The minimum absolute atomic E-state index is 0.171. The van der Waals surface area contributed by atoms with Gasteiger partial charge in [-0.1, -0.05) is 45.0 Å². The van der Waals surface area contributed by atoms with Crippen molar-refractivity contribution in [2.45, 2.75) is 39.3 Å². The summed E-state index contributed by atoms with van der Waals surface area (Å²) in [6.07, 6.45) is 0.930. The van der Waals surface area contributed by atoms with Crippen LogP contribution in [0.1, 0.15) is 37.9 Å². The van der Waals surface area contributed by atoms with E-state index in [1.54, 1.807) is 0 Å². The van der Waals surface area contributed by atoms with E-state index in [9.17, 15) is 5.11 Å². The molecule has 2 heteroatoms. The highest BCUT2D eigenvalue weighted by Crippen LogP contribution is 2.37. The highest BCUT2D eigenvalue weighted by molar-refractivity contribution is 5.34. The van der Waals surface area contributed by atoms with Crippen LogP contribution in [-0.4, -0.2) is 17.8 Å². The van der Waals surface area contributed by atoms with Crippen molar-refractivity contribution < 1.29 is 5.11 Å². The molecule has 1 aliphatic heterocycles. The fourth-order valence-electron chi connectivity index (χ4n) is 2.49. The summed E-state index contributed by atoms with van der Waals surface area (Å²) in [6.45, 7) is 6.92. The molecule has 1 aromatic rings. The van der Waals surface area contributed by atoms with Crippen molar-refractivity contribution in [2.24, 2.45) is 5.41 Å². The number of aliphatic hydroxyl groups is 1. The van der Waals surface area contributed by atoms with Gasteiger partial charge in [0.25, 0.3) is 0 Å². The summed E-state index contributed by atoms with van der Waals surface area (Å²) in [5, 5.41) is 12.9. The van der Waals surface area contributed by atoms with Gasteiger partial charge < -0.3 is 10.4 Å². The van der Waals surface area contributed by atoms with Crippen LogP contribution in [0.5, 0.6) is 0 Å². The van der Waals surface area contributed by atoms with Gasteiger partial charge in [-0.05, 0) is 23.0 Å². The third-order valence-electron chi connectivity index (χ3n) is 3.32. The highest BCUT2D eigenvalue weighted by Gasteiger charge is 2.33. The Labute approximate surface area is 97.7 Å². The Bertz CT molecular complexity index is 367. The van der Waals surface area contributed by atoms with E-state index in [4.69, 9.17) is 0 Å². The molecule has 0 saturated carbocycles. The lowest BCUT2D eigenvalue weighted by atomic mass is 9.77. The van der Waals surface area contributed by atoms with E-state index in [0.29, 0.717) is 6.04 Å². The molecule has 1 aliphatic rings. The summed E-state index contributed by atoms with van der Waals surface area (Å²) in [5.74, 6) is 0. The molecule has 0 aliphatic carbocycles. The summed E-state index contributed by atoms with van der Waals surface area (Å²) < 4.78 is 0. The quantitative estimate of drug-likeness (QED) is 0.759. The van der Waals surface area contributed by atoms with Crippen LogP contribution in [0, 0.1) is 5.41 Å². The maximum Gasteiger partial charge on any atom is 0.0588 e. The molecule has 0 radical (unpaired) electrons. The molecule has 0 aromatic heterocycles. The predicted molar refractivity (Wildman–Crippen MR) is 66.4 cm³/mol. The van der Waals surface area contributed by atoms with Gasteiger partial charge >= 0.3 is 0 Å². The molecule has 0 bridgehead atoms. The lowest BCUT2D eigenvalue weighted by Gasteiger charge is -2.40. The normalized spacial score (nSPS) is 25.2. The molecular formula is C14H21NO. The molecule has 0 saturated heterocycles. The third kappa shape index (κ3) is 2.13. The van der Waals surface area contributed by atoms with Crippen LogP contribution >= 0.6 is 0 Å². The van der Waals surface area contributed by atoms with Crippen molar-refractivity contribution in [1.29, 1.82) is 0 Å². The molecule has 0 spiro atoms. The van der Waals surface area contributed by atoms with Crippen molar-refractivity contribution in [3.05, 3.63) is 35.4 Å². The van der Waals surface area contributed by atoms with Crippen LogP contribution in [0.25, 0.3) is 0 Å². The molecule has 0 fully saturated rings. The van der Waals surface area contributed by atoms with E-state index < -0.39 is 0 Å². The summed E-state index contributed by atoms with van der Waals surface area (Å²) in [7, 11) is 0. The number of nitrogens with one attached hydrogen (secondary N) is 1. The van der Waals surface area contributed by atoms with Crippen molar-refractivity contribution in [3.8, 4) is 0 Å². The molecule has 2 N–H and O–H groups in total. The molecule has 2 nitrogen and oxygen atoms in total. The van der Waals surface area contributed by atoms with E-state index in [1.165, 1.54) is 11.1 Å². The van der Waals surface area contributed by atoms with E-state index >= 15 is 0 Å². The lowest BCUT2D eigenvalue weighted by Crippen LogP contribution is -2.46. The minimum atomic E-state index is 0.171. The zero-order valence-electron chi connectivity index (χ0n) is 10.3. The Morgan fingerprint density at radius 1 is 1.31 bits per heavy atom. The van der Waals surface area contributed by atoms with Gasteiger partial charge in [-0.15, -0.1) is 0 Å². The van der Waals surface area contributed by atoms with Gasteiger partial charge in [0.05, 0.1) is 6.61 Å². The zero-order chi connectivity index (χ0) is 11.8. The number of hydrogen-bond donors (Lipinski definition) is 2. The van der Waals surface area contributed by atoms with Crippen LogP contribution in [0.2, 0.25) is 0 Å². The van der Waals surface area contributed by atoms with Crippen LogP contribution < -0.4 is 5.32 Å². The Balaban J connectivity index is 2.39. The first-order valence-electron chi connectivity index (χ1n) is 5.97. The first-order valence-corrected chi connectivity index (χ1v) is 5.97. The molecule has 1 heterocycles. The summed E-state index contributed by atoms with van der Waals surface area (Å²) >= 11 is 0. The Morgan fingerprint density at radius 3 is 2.62 bits per heavy atom. The second-order valence-corrected chi connectivity index (χ2v) is 5.75. The second-order valence-electron chi connectivity index (χ2n) is 5.75. The van der Waals surface area contributed by atoms with E-state index in [1.807, 2.05) is 0 Å². The van der Waals surface area contributed by atoms with Gasteiger partial charge in [-0.25, -0.2) is 0 Å². The summed E-state index contributed by atoms with van der Waals surface area (Å²) in [5.41, 5.74) is 2.93. The highest BCUT2D eigenvalue weighted by atomic mass is 16.3. The Morgan fingerprint density at radius 2 is 2.00 bits per heavy atom. The Kier molecular flexibility index (Phi) is 3.04. The smallest absolute Gasteiger partial charge is 0.0588 e. The van der Waals surface area contributed by atoms with E-state index in [2.05, 4.69) is 50.4 Å². The van der Waals surface area contributed by atoms with E-state index in [0.717, 1.165) is 6.42 Å². The number of aliphatic hydroxyl groups excluding tert-OH is 1. The van der Waals surface area contributed by atoms with Gasteiger partial charge in [0, 0.05) is 12.1 Å². The molecule has 2 atom stereocenters. The van der Waals surface area contributed by atoms with Crippen LogP contribution in [0.15, 0.2) is 24.3 Å². The molecule has 2 rings (SSSR count). The van der Waals surface area contributed by atoms with Gasteiger partial charge in [0.1, 0.15) is 0 Å². The summed E-state index contributed by atoms with van der Waals surface area (Å²) in [4.78, 5) is 0. The molecule has 16 heavy (non-hydrogen) atoms. The molecular weight excluding hydrogens is 198 g/mol. The summed E-state index contributed by atoms with van der Waals surface area (Å²) in [6, 6.07) is 9.08. The first-order chi connectivity index (χ1) is 7.52. The fourth-order valence-corrected chi connectivity index (χ4v) is 2.49. The zero-order valence-corrected chi connectivity index (χ0v) is 10.3. The standard InChI is InChI=1S/C14H21NO/c1-14(2,3)13-12-7-5-4-6-10(12)8-11(9-16)15-13/h4-7,11,13,15-16H,8-9H2,1-3H3/t11-,13-/m0/s1. The van der Waals surface area contributed by atoms with Crippen molar-refractivity contribution in [1.82, 2.24) is 5.32 Å². The minimum Gasteiger partial charge on any atom is -0.395 e. The predicted octanol–water partition coefficient (Wildman–Crippen LogP) is 2.28. The van der Waals surface area contributed by atoms with Crippen molar-refractivity contribution in [3.63, 3.8) is 0 Å². The Hall–Kier alpha value is -0.860. The van der Waals surface area contributed by atoms with Gasteiger partial charge in [0.2, 0.25) is 0 Å². The molecule has 1 aromatic carbocycles. The second kappa shape index (κ2) is 4.19. The first kappa shape index (κ1) is 11.6. The van der Waals surface area contributed by atoms with Crippen LogP contribution in [-0.2, 0) is 6.42 Å². The molecule has 0 unspecified atom stereocenters. The van der Waals surface area contributed by atoms with Crippen molar-refractivity contribution in [2.75, 3.05) is 6.61 Å². The number of benzene rings is 1. The largest absolute Gasteiger partial charge is 0.395 e. The SMILES string of the molecule is CC(C)(C)[C@H]1N[C@H](CO)Cc2ccccc21. The fraction of sp³-hybridized carbons (Fsp3) is 0.571. The van der Waals surface area contributed by atoms with E-state index in [-0.39, 0.29) is 18.1 Å². The van der Waals surface area contributed by atoms with Gasteiger partial charge in [0.15, 0.2) is 0 Å². The maximum atomic E-state index is 9.34. The van der Waals surface area contributed by atoms with Crippen LogP contribution in [0.4, 0.5) is 0 Å². The molecule has 88 valence electrons. The monoisotopic (exact) mass is 219 g/mol. The average Bonchev–Trinajstić information content (AvgIpc) is 2.26. The lowest BCUT2D eigenvalue weighted by molar-refractivity contribution is 0.178. The average molecular weight is 219 g/mol. The topological polar surface area (TPSA) is 32.3 Å². The van der Waals surface area contributed by atoms with Gasteiger partial charge in [-0.3, -0.25) is 0 Å². The third-order valence-corrected chi connectivity index (χ3v) is 3.32. The van der Waals surface area contributed by atoms with Crippen molar-refractivity contribution >= 4 is 0 Å². The van der Waals surface area contributed by atoms with Gasteiger partial charge in [-0.2, -0.15) is 0 Å². The number of fused-ring (bicyclic) bond motifs is 1. The number of hydrogen-bond acceptors (Lipinski definition) is 2. The molecule has 0 amide bonds.